The van der Waals surface area contributed by atoms with Gasteiger partial charge in [-0.2, -0.15) is 0 Å². The number of anilines is 1. The highest BCUT2D eigenvalue weighted by Gasteiger charge is 2.15. The van der Waals surface area contributed by atoms with Crippen LogP contribution in [0, 0.1) is 0 Å². The first-order valence-electron chi connectivity index (χ1n) is 6.49. The van der Waals surface area contributed by atoms with E-state index in [2.05, 4.69) is 15.5 Å². The average Bonchev–Trinajstić information content (AvgIpc) is 2.97. The molecular formula is C14H20N4O2. The molecule has 0 bridgehead atoms. The Hall–Kier alpha value is -2.08. The zero-order valence-electron chi connectivity index (χ0n) is 12.3. The molecule has 1 heterocycles. The van der Waals surface area contributed by atoms with E-state index >= 15 is 0 Å². The summed E-state index contributed by atoms with van der Waals surface area (Å²) in [7, 11) is 5.43. The Morgan fingerprint density at radius 1 is 1.35 bits per heavy atom. The van der Waals surface area contributed by atoms with Crippen LogP contribution >= 0.6 is 0 Å². The van der Waals surface area contributed by atoms with Crippen molar-refractivity contribution < 1.29 is 9.15 Å². The number of para-hydroxylation sites is 1. The van der Waals surface area contributed by atoms with Crippen molar-refractivity contribution in [1.82, 2.24) is 15.5 Å². The molecule has 108 valence electrons. The molecule has 0 aliphatic rings. The van der Waals surface area contributed by atoms with Crippen molar-refractivity contribution in [2.75, 3.05) is 26.1 Å². The first kappa shape index (κ1) is 14.3. The monoisotopic (exact) mass is 276 g/mol. The van der Waals surface area contributed by atoms with Gasteiger partial charge in [0.15, 0.2) is 0 Å². The molecule has 0 spiro atoms. The van der Waals surface area contributed by atoms with Crippen molar-refractivity contribution in [2.24, 2.45) is 0 Å². The Kier molecular flexibility index (Phi) is 4.57. The normalized spacial score (nSPS) is 12.2. The van der Waals surface area contributed by atoms with Crippen LogP contribution in [0.15, 0.2) is 28.7 Å². The summed E-state index contributed by atoms with van der Waals surface area (Å²) in [6.45, 7) is 2.61. The zero-order valence-corrected chi connectivity index (χ0v) is 12.3. The second-order valence-corrected chi connectivity index (χ2v) is 4.60. The summed E-state index contributed by atoms with van der Waals surface area (Å²) in [4.78, 5) is 1.90. The summed E-state index contributed by atoms with van der Waals surface area (Å²) in [5.74, 6) is 1.43. The van der Waals surface area contributed by atoms with E-state index in [0.717, 1.165) is 11.3 Å². The molecule has 0 saturated heterocycles. The molecule has 1 N–H and O–H groups in total. The largest absolute Gasteiger partial charge is 0.496 e. The van der Waals surface area contributed by atoms with Crippen molar-refractivity contribution in [1.29, 1.82) is 0 Å². The highest BCUT2D eigenvalue weighted by Crippen LogP contribution is 2.22. The average molecular weight is 276 g/mol. The summed E-state index contributed by atoms with van der Waals surface area (Å²) in [6.07, 6.45) is 0. The third-order valence-corrected chi connectivity index (χ3v) is 3.16. The number of nitrogens with one attached hydrogen (secondary N) is 1. The molecule has 1 aromatic heterocycles. The fourth-order valence-electron chi connectivity index (χ4n) is 1.84. The Morgan fingerprint density at radius 2 is 2.10 bits per heavy atom. The van der Waals surface area contributed by atoms with Gasteiger partial charge in [-0.15, -0.1) is 5.10 Å². The van der Waals surface area contributed by atoms with Crippen molar-refractivity contribution in [3.8, 4) is 5.75 Å². The van der Waals surface area contributed by atoms with Crippen LogP contribution in [-0.2, 0) is 6.54 Å². The molecule has 6 nitrogen and oxygen atoms in total. The standard InChI is InChI=1S/C14H20N4O2/c1-10(15-2)13-16-17-14(20-13)18(3)9-11-7-5-6-8-12(11)19-4/h5-8,10,15H,9H2,1-4H3. The van der Waals surface area contributed by atoms with E-state index < -0.39 is 0 Å². The molecule has 1 unspecified atom stereocenters. The Bertz CT molecular complexity index is 556. The summed E-state index contributed by atoms with van der Waals surface area (Å²) < 4.78 is 11.0. The second kappa shape index (κ2) is 6.38. The lowest BCUT2D eigenvalue weighted by Gasteiger charge is -2.16. The number of nitrogens with zero attached hydrogens (tertiary/aromatic N) is 3. The third-order valence-electron chi connectivity index (χ3n) is 3.16. The summed E-state index contributed by atoms with van der Waals surface area (Å²) >= 11 is 0. The van der Waals surface area contributed by atoms with Crippen molar-refractivity contribution in [2.45, 2.75) is 19.5 Å². The lowest BCUT2D eigenvalue weighted by atomic mass is 10.2. The molecule has 20 heavy (non-hydrogen) atoms. The number of hydrogen-bond acceptors (Lipinski definition) is 6. The van der Waals surface area contributed by atoms with E-state index in [1.54, 1.807) is 7.11 Å². The van der Waals surface area contributed by atoms with Gasteiger partial charge in [0.25, 0.3) is 0 Å². The van der Waals surface area contributed by atoms with Crippen molar-refractivity contribution in [3.05, 3.63) is 35.7 Å². The predicted octanol–water partition coefficient (Wildman–Crippen LogP) is 1.99. The van der Waals surface area contributed by atoms with Gasteiger partial charge in [-0.25, -0.2) is 0 Å². The van der Waals surface area contributed by atoms with Gasteiger partial charge in [0.05, 0.1) is 19.7 Å². The molecule has 2 aromatic rings. The summed E-state index contributed by atoms with van der Waals surface area (Å²) in [5, 5.41) is 11.2. The van der Waals surface area contributed by atoms with E-state index in [-0.39, 0.29) is 6.04 Å². The van der Waals surface area contributed by atoms with E-state index in [9.17, 15) is 0 Å². The lowest BCUT2D eigenvalue weighted by molar-refractivity contribution is 0.407. The van der Waals surface area contributed by atoms with Crippen LogP contribution in [0.3, 0.4) is 0 Å². The van der Waals surface area contributed by atoms with Crippen LogP contribution in [0.5, 0.6) is 5.75 Å². The molecule has 1 aromatic carbocycles. The molecule has 1 atom stereocenters. The van der Waals surface area contributed by atoms with Crippen molar-refractivity contribution in [3.63, 3.8) is 0 Å². The van der Waals surface area contributed by atoms with Gasteiger partial charge in [0.1, 0.15) is 5.75 Å². The maximum Gasteiger partial charge on any atom is 0.318 e. The van der Waals surface area contributed by atoms with Gasteiger partial charge in [-0.05, 0) is 20.0 Å². The lowest BCUT2D eigenvalue weighted by Crippen LogP contribution is -2.17. The van der Waals surface area contributed by atoms with Crippen LogP contribution in [0.1, 0.15) is 24.4 Å². The van der Waals surface area contributed by atoms with Crippen LogP contribution in [0.4, 0.5) is 6.01 Å². The molecular weight excluding hydrogens is 256 g/mol. The second-order valence-electron chi connectivity index (χ2n) is 4.60. The molecule has 0 fully saturated rings. The molecule has 0 amide bonds. The van der Waals surface area contributed by atoms with Gasteiger partial charge in [0, 0.05) is 12.6 Å². The third kappa shape index (κ3) is 3.08. The molecule has 0 radical (unpaired) electrons. The van der Waals surface area contributed by atoms with Gasteiger partial charge >= 0.3 is 6.01 Å². The Balaban J connectivity index is 2.11. The van der Waals surface area contributed by atoms with E-state index in [1.807, 2.05) is 50.2 Å². The van der Waals surface area contributed by atoms with Crippen LogP contribution in [-0.4, -0.2) is 31.4 Å². The maximum atomic E-state index is 5.64. The minimum atomic E-state index is 0.0379. The quantitative estimate of drug-likeness (QED) is 0.870. The van der Waals surface area contributed by atoms with Crippen LogP contribution in [0.2, 0.25) is 0 Å². The summed E-state index contributed by atoms with van der Waals surface area (Å²) in [6, 6.07) is 8.41. The van der Waals surface area contributed by atoms with Gasteiger partial charge in [-0.3, -0.25) is 0 Å². The molecule has 2 rings (SSSR count). The van der Waals surface area contributed by atoms with Gasteiger partial charge < -0.3 is 19.4 Å². The minimum absolute atomic E-state index is 0.0379. The SMILES string of the molecule is CNC(C)c1nnc(N(C)Cc2ccccc2OC)o1. The summed E-state index contributed by atoms with van der Waals surface area (Å²) in [5.41, 5.74) is 1.07. The van der Waals surface area contributed by atoms with Crippen LogP contribution < -0.4 is 15.0 Å². The fraction of sp³-hybridized carbons (Fsp3) is 0.429. The number of methoxy groups -OCH3 is 1. The zero-order chi connectivity index (χ0) is 14.5. The maximum absolute atomic E-state index is 5.64. The number of hydrogen-bond donors (Lipinski definition) is 1. The predicted molar refractivity (Wildman–Crippen MR) is 76.9 cm³/mol. The van der Waals surface area contributed by atoms with Crippen molar-refractivity contribution >= 4 is 6.01 Å². The number of aromatic nitrogens is 2. The Labute approximate surface area is 118 Å². The van der Waals surface area contributed by atoms with E-state index in [0.29, 0.717) is 18.5 Å². The first-order chi connectivity index (χ1) is 9.65. The van der Waals surface area contributed by atoms with Gasteiger partial charge in [0.2, 0.25) is 5.89 Å². The number of benzene rings is 1. The fourth-order valence-corrected chi connectivity index (χ4v) is 1.84. The molecule has 0 aliphatic heterocycles. The minimum Gasteiger partial charge on any atom is -0.496 e. The molecule has 0 saturated carbocycles. The highest BCUT2D eigenvalue weighted by molar-refractivity contribution is 5.37. The smallest absolute Gasteiger partial charge is 0.318 e. The van der Waals surface area contributed by atoms with Crippen LogP contribution in [0.25, 0.3) is 0 Å². The molecule has 0 aliphatic carbocycles. The number of ether oxygens (including phenoxy) is 1. The van der Waals surface area contributed by atoms with E-state index in [1.165, 1.54) is 0 Å². The molecule has 6 heteroatoms. The topological polar surface area (TPSA) is 63.4 Å². The number of rotatable bonds is 6. The first-order valence-corrected chi connectivity index (χ1v) is 6.49. The van der Waals surface area contributed by atoms with Gasteiger partial charge in [-0.1, -0.05) is 23.3 Å². The highest BCUT2D eigenvalue weighted by atomic mass is 16.5. The Morgan fingerprint density at radius 3 is 2.80 bits per heavy atom. The van der Waals surface area contributed by atoms with E-state index in [4.69, 9.17) is 9.15 Å².